The molecule has 2 N–H and O–H groups in total. The number of pyridine rings is 1. The van der Waals surface area contributed by atoms with E-state index >= 15 is 0 Å². The molecule has 1 atom stereocenters. The van der Waals surface area contributed by atoms with E-state index < -0.39 is 17.4 Å². The second-order valence-corrected chi connectivity index (χ2v) is 7.87. The maximum atomic E-state index is 13.2. The van der Waals surface area contributed by atoms with E-state index in [1.807, 2.05) is 20.8 Å². The van der Waals surface area contributed by atoms with Gasteiger partial charge in [-0.05, 0) is 31.0 Å². The van der Waals surface area contributed by atoms with Gasteiger partial charge in [-0.2, -0.15) is 0 Å². The number of nitrogens with one attached hydrogen (secondary N) is 2. The van der Waals surface area contributed by atoms with E-state index in [1.54, 1.807) is 28.8 Å². The first-order chi connectivity index (χ1) is 15.4. The Balaban J connectivity index is 1.61. The molecule has 0 saturated heterocycles. The lowest BCUT2D eigenvalue weighted by molar-refractivity contribution is -0.124. The first-order valence-corrected chi connectivity index (χ1v) is 10.5. The molecule has 32 heavy (non-hydrogen) atoms. The zero-order valence-electron chi connectivity index (χ0n) is 18.1. The van der Waals surface area contributed by atoms with Crippen molar-refractivity contribution in [2.75, 3.05) is 6.79 Å². The summed E-state index contributed by atoms with van der Waals surface area (Å²) in [6.07, 6.45) is 3.04. The van der Waals surface area contributed by atoms with Crippen LogP contribution in [0.3, 0.4) is 0 Å². The Morgan fingerprint density at radius 1 is 1.19 bits per heavy atom. The predicted octanol–water partition coefficient (Wildman–Crippen LogP) is 2.41. The molecule has 168 valence electrons. The molecule has 1 unspecified atom stereocenters. The minimum Gasteiger partial charge on any atom is -0.467 e. The lowest BCUT2D eigenvalue weighted by Gasteiger charge is -2.22. The number of ether oxygens (including phenoxy) is 2. The average molecular weight is 439 g/mol. The standard InChI is InChI=1S/C23H25N3O6/c1-4-26-11-16(21(27)15-8-18-19(9-17(15)26)32-12-31-18)22(28)25-20(13(2)3)23(29)24-10-14-6-5-7-30-14/h5-9,11,13,20H,4,10,12H2,1-3H3,(H,24,29)(H,25,28). The third-order valence-electron chi connectivity index (χ3n) is 5.41. The number of hydrogen-bond donors (Lipinski definition) is 2. The minimum atomic E-state index is -0.820. The third kappa shape index (κ3) is 4.05. The van der Waals surface area contributed by atoms with Crippen LogP contribution < -0.4 is 25.5 Å². The Kier molecular flexibility index (Phi) is 5.89. The number of amides is 2. The van der Waals surface area contributed by atoms with E-state index in [0.29, 0.717) is 34.7 Å². The van der Waals surface area contributed by atoms with Gasteiger partial charge < -0.3 is 29.1 Å². The largest absolute Gasteiger partial charge is 0.467 e. The van der Waals surface area contributed by atoms with Crippen molar-refractivity contribution in [2.24, 2.45) is 5.92 Å². The zero-order chi connectivity index (χ0) is 22.8. The number of rotatable bonds is 7. The molecule has 2 amide bonds. The van der Waals surface area contributed by atoms with Gasteiger partial charge >= 0.3 is 0 Å². The molecule has 0 fully saturated rings. The van der Waals surface area contributed by atoms with Gasteiger partial charge in [0.15, 0.2) is 11.5 Å². The van der Waals surface area contributed by atoms with Crippen molar-refractivity contribution in [1.82, 2.24) is 15.2 Å². The maximum absolute atomic E-state index is 13.2. The van der Waals surface area contributed by atoms with Crippen molar-refractivity contribution in [3.63, 3.8) is 0 Å². The van der Waals surface area contributed by atoms with Crippen LogP contribution in [0.4, 0.5) is 0 Å². The van der Waals surface area contributed by atoms with Gasteiger partial charge in [-0.3, -0.25) is 14.4 Å². The number of aromatic nitrogens is 1. The summed E-state index contributed by atoms with van der Waals surface area (Å²) < 4.78 is 17.8. The van der Waals surface area contributed by atoms with Crippen LogP contribution >= 0.6 is 0 Å². The van der Waals surface area contributed by atoms with Crippen LogP contribution in [-0.4, -0.2) is 29.2 Å². The lowest BCUT2D eigenvalue weighted by atomic mass is 10.0. The van der Waals surface area contributed by atoms with E-state index in [1.165, 1.54) is 12.5 Å². The molecule has 2 aromatic heterocycles. The van der Waals surface area contributed by atoms with Gasteiger partial charge in [0, 0.05) is 18.8 Å². The molecule has 0 aliphatic carbocycles. The first kappa shape index (κ1) is 21.5. The summed E-state index contributed by atoms with van der Waals surface area (Å²) in [4.78, 5) is 39.0. The molecule has 1 aromatic carbocycles. The number of hydrogen-bond acceptors (Lipinski definition) is 6. The molecular formula is C23H25N3O6. The number of fused-ring (bicyclic) bond motifs is 2. The zero-order valence-corrected chi connectivity index (χ0v) is 18.1. The van der Waals surface area contributed by atoms with E-state index in [9.17, 15) is 14.4 Å². The Morgan fingerprint density at radius 3 is 2.59 bits per heavy atom. The molecule has 9 heteroatoms. The van der Waals surface area contributed by atoms with Crippen LogP contribution in [0, 0.1) is 5.92 Å². The van der Waals surface area contributed by atoms with Gasteiger partial charge in [-0.1, -0.05) is 13.8 Å². The number of aryl methyl sites for hydroxylation is 1. The second kappa shape index (κ2) is 8.78. The highest BCUT2D eigenvalue weighted by atomic mass is 16.7. The molecular weight excluding hydrogens is 414 g/mol. The number of furan rings is 1. The summed E-state index contributed by atoms with van der Waals surface area (Å²) in [6, 6.07) is 5.99. The minimum absolute atomic E-state index is 0.0392. The number of nitrogens with zero attached hydrogens (tertiary/aromatic N) is 1. The SMILES string of the molecule is CCn1cc(C(=O)NC(C(=O)NCc2ccco2)C(C)C)c(=O)c2cc3c(cc21)OCO3. The average Bonchev–Trinajstić information content (AvgIpc) is 3.46. The van der Waals surface area contributed by atoms with Gasteiger partial charge in [0.25, 0.3) is 5.91 Å². The summed E-state index contributed by atoms with van der Waals surface area (Å²) in [6.45, 7) is 6.38. The summed E-state index contributed by atoms with van der Waals surface area (Å²) >= 11 is 0. The molecule has 1 aliphatic heterocycles. The summed E-state index contributed by atoms with van der Waals surface area (Å²) in [5.41, 5.74) is 0.177. The first-order valence-electron chi connectivity index (χ1n) is 10.5. The highest BCUT2D eigenvalue weighted by Gasteiger charge is 2.27. The predicted molar refractivity (Wildman–Crippen MR) is 117 cm³/mol. The smallest absolute Gasteiger partial charge is 0.257 e. The molecule has 9 nitrogen and oxygen atoms in total. The molecule has 1 aliphatic rings. The maximum Gasteiger partial charge on any atom is 0.257 e. The van der Waals surface area contributed by atoms with Crippen molar-refractivity contribution in [3.05, 3.63) is 58.3 Å². The van der Waals surface area contributed by atoms with Crippen molar-refractivity contribution < 1.29 is 23.5 Å². The molecule has 0 bridgehead atoms. The molecule has 0 spiro atoms. The fourth-order valence-electron chi connectivity index (χ4n) is 3.65. The van der Waals surface area contributed by atoms with E-state index in [-0.39, 0.29) is 30.7 Å². The van der Waals surface area contributed by atoms with Gasteiger partial charge in [0.05, 0.1) is 23.7 Å². The second-order valence-electron chi connectivity index (χ2n) is 7.87. The Labute approximate surface area is 184 Å². The third-order valence-corrected chi connectivity index (χ3v) is 5.41. The summed E-state index contributed by atoms with van der Waals surface area (Å²) in [5, 5.41) is 5.83. The Morgan fingerprint density at radius 2 is 1.94 bits per heavy atom. The quantitative estimate of drug-likeness (QED) is 0.585. The molecule has 0 saturated carbocycles. The van der Waals surface area contributed by atoms with Crippen LogP contribution in [0.2, 0.25) is 0 Å². The number of carbonyl (C=O) groups excluding carboxylic acids is 2. The van der Waals surface area contributed by atoms with E-state index in [0.717, 1.165) is 0 Å². The van der Waals surface area contributed by atoms with Crippen molar-refractivity contribution >= 4 is 22.7 Å². The summed E-state index contributed by atoms with van der Waals surface area (Å²) in [5.74, 6) is 0.467. The van der Waals surface area contributed by atoms with Crippen LogP contribution in [0.5, 0.6) is 11.5 Å². The van der Waals surface area contributed by atoms with Gasteiger partial charge in [-0.25, -0.2) is 0 Å². The number of benzene rings is 1. The Hall–Kier alpha value is -3.75. The molecule has 3 aromatic rings. The topological polar surface area (TPSA) is 112 Å². The van der Waals surface area contributed by atoms with E-state index in [2.05, 4.69) is 10.6 Å². The molecule has 3 heterocycles. The van der Waals surface area contributed by atoms with Crippen LogP contribution in [0.15, 0.2) is 45.9 Å². The lowest BCUT2D eigenvalue weighted by Crippen LogP contribution is -2.50. The van der Waals surface area contributed by atoms with Crippen LogP contribution in [-0.2, 0) is 17.9 Å². The molecule has 0 radical (unpaired) electrons. The van der Waals surface area contributed by atoms with Crippen molar-refractivity contribution in [1.29, 1.82) is 0 Å². The van der Waals surface area contributed by atoms with Gasteiger partial charge in [0.2, 0.25) is 18.1 Å². The normalized spacial score (nSPS) is 13.4. The van der Waals surface area contributed by atoms with E-state index in [4.69, 9.17) is 13.9 Å². The summed E-state index contributed by atoms with van der Waals surface area (Å²) in [7, 11) is 0. The fraction of sp³-hybridized carbons (Fsp3) is 0.348. The van der Waals surface area contributed by atoms with Gasteiger partial charge in [-0.15, -0.1) is 0 Å². The van der Waals surface area contributed by atoms with Crippen molar-refractivity contribution in [2.45, 2.75) is 39.9 Å². The number of carbonyl (C=O) groups is 2. The highest BCUT2D eigenvalue weighted by molar-refractivity contribution is 6.00. The monoisotopic (exact) mass is 439 g/mol. The Bertz CT molecular complexity index is 1210. The van der Waals surface area contributed by atoms with Gasteiger partial charge in [0.1, 0.15) is 17.4 Å². The van der Waals surface area contributed by atoms with Crippen molar-refractivity contribution in [3.8, 4) is 11.5 Å². The highest BCUT2D eigenvalue weighted by Crippen LogP contribution is 2.35. The molecule has 4 rings (SSSR count). The fourth-order valence-corrected chi connectivity index (χ4v) is 3.65. The van der Waals surface area contributed by atoms with Crippen LogP contribution in [0.25, 0.3) is 10.9 Å². The van der Waals surface area contributed by atoms with Crippen LogP contribution in [0.1, 0.15) is 36.9 Å².